The van der Waals surface area contributed by atoms with Crippen LogP contribution in [0.15, 0.2) is 4.99 Å². The number of nitrogens with one attached hydrogen (secondary N) is 2. The van der Waals surface area contributed by atoms with E-state index >= 15 is 0 Å². The van der Waals surface area contributed by atoms with Gasteiger partial charge >= 0.3 is 0 Å². The topological polar surface area (TPSA) is 42.9 Å². The van der Waals surface area contributed by atoms with Crippen LogP contribution in [-0.4, -0.2) is 75.2 Å². The first kappa shape index (κ1) is 21.2. The lowest BCUT2D eigenvalue weighted by Crippen LogP contribution is -2.55. The number of hydrogen-bond donors (Lipinski definition) is 2. The van der Waals surface area contributed by atoms with Gasteiger partial charge < -0.3 is 15.5 Å². The second kappa shape index (κ2) is 11.7. The Bertz CT molecular complexity index is 346. The van der Waals surface area contributed by atoms with E-state index in [0.29, 0.717) is 12.0 Å². The fraction of sp³-hybridized carbons (Fsp3) is 0.947. The molecule has 0 bridgehead atoms. The maximum absolute atomic E-state index is 4.38. The first-order valence-electron chi connectivity index (χ1n) is 9.81. The molecular weight excluding hydrogens is 298 g/mol. The van der Waals surface area contributed by atoms with Gasteiger partial charge in [0.2, 0.25) is 0 Å². The van der Waals surface area contributed by atoms with Gasteiger partial charge in [-0.15, -0.1) is 0 Å². The summed E-state index contributed by atoms with van der Waals surface area (Å²) < 4.78 is 0. The number of nitrogens with zero attached hydrogens (tertiary/aromatic N) is 3. The van der Waals surface area contributed by atoms with E-state index in [1.165, 1.54) is 45.4 Å². The van der Waals surface area contributed by atoms with Gasteiger partial charge in [-0.2, -0.15) is 0 Å². The van der Waals surface area contributed by atoms with E-state index in [0.717, 1.165) is 25.0 Å². The second-order valence-electron chi connectivity index (χ2n) is 7.92. The van der Waals surface area contributed by atoms with Crippen LogP contribution in [0.1, 0.15) is 47.0 Å². The third kappa shape index (κ3) is 8.34. The quantitative estimate of drug-likeness (QED) is 0.384. The van der Waals surface area contributed by atoms with Crippen LogP contribution >= 0.6 is 0 Å². The maximum Gasteiger partial charge on any atom is 0.191 e. The van der Waals surface area contributed by atoms with Crippen molar-refractivity contribution in [1.82, 2.24) is 20.4 Å². The summed E-state index contributed by atoms with van der Waals surface area (Å²) in [6.07, 6.45) is 3.81. The summed E-state index contributed by atoms with van der Waals surface area (Å²) in [6, 6.07) is 0.568. The van der Waals surface area contributed by atoms with E-state index in [1.807, 2.05) is 7.05 Å². The van der Waals surface area contributed by atoms with Crippen molar-refractivity contribution in [2.45, 2.75) is 53.0 Å². The fourth-order valence-corrected chi connectivity index (χ4v) is 3.25. The monoisotopic (exact) mass is 339 g/mol. The van der Waals surface area contributed by atoms with E-state index < -0.39 is 0 Å². The molecule has 1 aliphatic heterocycles. The minimum Gasteiger partial charge on any atom is -0.356 e. The van der Waals surface area contributed by atoms with Crippen LogP contribution in [0.4, 0.5) is 0 Å². The van der Waals surface area contributed by atoms with E-state index in [1.54, 1.807) is 0 Å². The summed E-state index contributed by atoms with van der Waals surface area (Å²) in [7, 11) is 4.08. The normalized spacial score (nSPS) is 19.1. The van der Waals surface area contributed by atoms with Crippen LogP contribution in [0.5, 0.6) is 0 Å². The molecule has 1 unspecified atom stereocenters. The Kier molecular flexibility index (Phi) is 10.3. The van der Waals surface area contributed by atoms with Crippen molar-refractivity contribution in [3.63, 3.8) is 0 Å². The zero-order valence-electron chi connectivity index (χ0n) is 16.9. The lowest BCUT2D eigenvalue weighted by molar-refractivity contribution is 0.0900. The summed E-state index contributed by atoms with van der Waals surface area (Å²) in [6.45, 7) is 15.9. The first-order valence-corrected chi connectivity index (χ1v) is 9.81. The highest BCUT2D eigenvalue weighted by Gasteiger charge is 2.24. The van der Waals surface area contributed by atoms with E-state index in [4.69, 9.17) is 0 Å². The molecule has 0 saturated carbocycles. The van der Waals surface area contributed by atoms with Crippen LogP contribution in [0.3, 0.4) is 0 Å². The molecule has 0 aromatic rings. The highest BCUT2D eigenvalue weighted by Crippen LogP contribution is 2.12. The highest BCUT2D eigenvalue weighted by atomic mass is 15.3. The van der Waals surface area contributed by atoms with E-state index in [-0.39, 0.29) is 0 Å². The lowest BCUT2D eigenvalue weighted by Gasteiger charge is -2.40. The largest absolute Gasteiger partial charge is 0.356 e. The lowest BCUT2D eigenvalue weighted by atomic mass is 10.0. The van der Waals surface area contributed by atoms with Gasteiger partial charge in [0.1, 0.15) is 0 Å². The number of aliphatic imine (C=N–C) groups is 1. The van der Waals surface area contributed by atoms with Gasteiger partial charge in [0.15, 0.2) is 5.96 Å². The standard InChI is InChI=1S/C19H41N5/c1-16(2)9-7-8-10-21-19(20-5)22-15-18(17(3)4)24-13-11-23(6)12-14-24/h16-18H,7-15H2,1-6H3,(H2,20,21,22). The van der Waals surface area contributed by atoms with Crippen molar-refractivity contribution in [1.29, 1.82) is 0 Å². The summed E-state index contributed by atoms with van der Waals surface area (Å²) in [5.74, 6) is 2.39. The third-order valence-corrected chi connectivity index (χ3v) is 4.98. The minimum atomic E-state index is 0.568. The molecule has 1 fully saturated rings. The van der Waals surface area contributed by atoms with Crippen molar-refractivity contribution in [2.24, 2.45) is 16.8 Å². The molecule has 1 atom stereocenters. The zero-order valence-corrected chi connectivity index (χ0v) is 16.9. The Hall–Kier alpha value is -0.810. The number of likely N-dealkylation sites (N-methyl/N-ethyl adjacent to an activating group) is 1. The average molecular weight is 340 g/mol. The SMILES string of the molecule is CN=C(NCCCCC(C)C)NCC(C(C)C)N1CCN(C)CC1. The van der Waals surface area contributed by atoms with Crippen LogP contribution in [0.25, 0.3) is 0 Å². The van der Waals surface area contributed by atoms with Crippen molar-refractivity contribution in [2.75, 3.05) is 53.4 Å². The van der Waals surface area contributed by atoms with Gasteiger partial charge in [0, 0.05) is 52.4 Å². The molecule has 0 aromatic carbocycles. The number of guanidine groups is 1. The molecule has 5 heteroatoms. The molecule has 1 rings (SSSR count). The molecule has 1 saturated heterocycles. The van der Waals surface area contributed by atoms with Crippen molar-refractivity contribution in [3.05, 3.63) is 0 Å². The molecule has 0 amide bonds. The van der Waals surface area contributed by atoms with Crippen LogP contribution in [-0.2, 0) is 0 Å². The minimum absolute atomic E-state index is 0.568. The van der Waals surface area contributed by atoms with Gasteiger partial charge in [0.25, 0.3) is 0 Å². The molecule has 5 nitrogen and oxygen atoms in total. The zero-order chi connectivity index (χ0) is 17.9. The predicted octanol–water partition coefficient (Wildman–Crippen LogP) is 2.25. The Balaban J connectivity index is 2.33. The van der Waals surface area contributed by atoms with Gasteiger partial charge in [-0.1, -0.05) is 40.5 Å². The third-order valence-electron chi connectivity index (χ3n) is 4.98. The maximum atomic E-state index is 4.38. The highest BCUT2D eigenvalue weighted by molar-refractivity contribution is 5.79. The second-order valence-corrected chi connectivity index (χ2v) is 7.92. The van der Waals surface area contributed by atoms with Crippen molar-refractivity contribution in [3.8, 4) is 0 Å². The van der Waals surface area contributed by atoms with Gasteiger partial charge in [-0.25, -0.2) is 0 Å². The summed E-state index contributed by atoms with van der Waals surface area (Å²) in [5, 5.41) is 7.00. The summed E-state index contributed by atoms with van der Waals surface area (Å²) in [4.78, 5) is 9.43. The van der Waals surface area contributed by atoms with Crippen molar-refractivity contribution >= 4 is 5.96 Å². The summed E-state index contributed by atoms with van der Waals surface area (Å²) >= 11 is 0. The molecule has 1 heterocycles. The van der Waals surface area contributed by atoms with Gasteiger partial charge in [-0.05, 0) is 25.3 Å². The number of rotatable bonds is 9. The summed E-state index contributed by atoms with van der Waals surface area (Å²) in [5.41, 5.74) is 0. The molecule has 0 radical (unpaired) electrons. The first-order chi connectivity index (χ1) is 11.4. The molecule has 0 aliphatic carbocycles. The number of hydrogen-bond acceptors (Lipinski definition) is 3. The number of piperazine rings is 1. The molecule has 1 aliphatic rings. The van der Waals surface area contributed by atoms with Crippen molar-refractivity contribution < 1.29 is 0 Å². The van der Waals surface area contributed by atoms with Gasteiger partial charge in [0.05, 0.1) is 0 Å². The Labute approximate surface area is 150 Å². The number of unbranched alkanes of at least 4 members (excludes halogenated alkanes) is 1. The van der Waals surface area contributed by atoms with E-state index in [9.17, 15) is 0 Å². The van der Waals surface area contributed by atoms with Crippen LogP contribution in [0.2, 0.25) is 0 Å². The molecule has 24 heavy (non-hydrogen) atoms. The Morgan fingerprint density at radius 2 is 1.67 bits per heavy atom. The van der Waals surface area contributed by atoms with Crippen LogP contribution < -0.4 is 10.6 Å². The van der Waals surface area contributed by atoms with Gasteiger partial charge in [-0.3, -0.25) is 9.89 Å². The predicted molar refractivity (Wildman–Crippen MR) is 106 cm³/mol. The van der Waals surface area contributed by atoms with Crippen LogP contribution in [0, 0.1) is 11.8 Å². The molecule has 0 aromatic heterocycles. The molecule has 2 N–H and O–H groups in total. The Morgan fingerprint density at radius 3 is 2.21 bits per heavy atom. The molecular formula is C19H41N5. The smallest absolute Gasteiger partial charge is 0.191 e. The Morgan fingerprint density at radius 1 is 1.00 bits per heavy atom. The molecule has 142 valence electrons. The van der Waals surface area contributed by atoms with E-state index in [2.05, 4.69) is 60.2 Å². The fourth-order valence-electron chi connectivity index (χ4n) is 3.25. The molecule has 0 spiro atoms. The average Bonchev–Trinajstić information content (AvgIpc) is 2.53.